The van der Waals surface area contributed by atoms with Crippen molar-refractivity contribution in [3.8, 4) is 5.69 Å². The van der Waals surface area contributed by atoms with Gasteiger partial charge in [-0.05, 0) is 24.3 Å². The van der Waals surface area contributed by atoms with E-state index in [-0.39, 0.29) is 0 Å². The van der Waals surface area contributed by atoms with Crippen molar-refractivity contribution in [3.05, 3.63) is 66.0 Å². The van der Waals surface area contributed by atoms with E-state index in [9.17, 15) is 17.2 Å². The van der Waals surface area contributed by atoms with Crippen LogP contribution in [0.1, 0.15) is 12.7 Å². The first kappa shape index (κ1) is 17.0. The summed E-state index contributed by atoms with van der Waals surface area (Å²) in [7, 11) is -4.35. The van der Waals surface area contributed by atoms with Crippen LogP contribution in [0, 0.1) is 11.6 Å². The van der Waals surface area contributed by atoms with E-state index in [0.717, 1.165) is 18.2 Å². The Bertz CT molecular complexity index is 984. The van der Waals surface area contributed by atoms with Gasteiger partial charge >= 0.3 is 0 Å². The predicted molar refractivity (Wildman–Crippen MR) is 87.9 cm³/mol. The van der Waals surface area contributed by atoms with E-state index >= 15 is 0 Å². The topological polar surface area (TPSA) is 76.9 Å². The number of anilines is 1. The zero-order chi connectivity index (χ0) is 18.0. The fraction of sp³-hybridized carbons (Fsp3) is 0.125. The lowest BCUT2D eigenvalue weighted by Crippen LogP contribution is -2.17. The smallest absolute Gasteiger partial charge is 0.271 e. The van der Waals surface area contributed by atoms with Crippen LogP contribution in [0.5, 0.6) is 0 Å². The van der Waals surface area contributed by atoms with Gasteiger partial charge in [-0.25, -0.2) is 18.4 Å². The van der Waals surface area contributed by atoms with Crippen molar-refractivity contribution in [3.63, 3.8) is 0 Å². The van der Waals surface area contributed by atoms with E-state index in [1.807, 2.05) is 10.8 Å². The summed E-state index contributed by atoms with van der Waals surface area (Å²) in [5.74, 6) is -1.65. The number of benzene rings is 2. The largest absolute Gasteiger partial charge is 0.299 e. The number of hydrogen-bond acceptors (Lipinski definition) is 4. The van der Waals surface area contributed by atoms with E-state index in [2.05, 4.69) is 10.1 Å². The molecule has 0 radical (unpaired) electrons. The van der Waals surface area contributed by atoms with Crippen LogP contribution >= 0.6 is 0 Å². The van der Waals surface area contributed by atoms with Gasteiger partial charge in [0.15, 0.2) is 0 Å². The first-order valence-corrected chi connectivity index (χ1v) is 8.89. The van der Waals surface area contributed by atoms with E-state index in [1.54, 1.807) is 31.2 Å². The third-order valence-corrected chi connectivity index (χ3v) is 4.54. The minimum absolute atomic E-state index is 0.403. The summed E-state index contributed by atoms with van der Waals surface area (Å²) in [6.07, 6.45) is 0.422. The van der Waals surface area contributed by atoms with Crippen molar-refractivity contribution in [2.75, 3.05) is 4.72 Å². The highest BCUT2D eigenvalue weighted by molar-refractivity contribution is 7.92. The Morgan fingerprint density at radius 2 is 1.68 bits per heavy atom. The fourth-order valence-electron chi connectivity index (χ4n) is 2.22. The van der Waals surface area contributed by atoms with Gasteiger partial charge in [0.05, 0.1) is 5.69 Å². The SMILES string of the molecule is CCc1nc(S(=O)(=O)Nc2c(F)cccc2F)nn1-c1ccccc1. The summed E-state index contributed by atoms with van der Waals surface area (Å²) < 4.78 is 55.5. The van der Waals surface area contributed by atoms with Gasteiger partial charge < -0.3 is 0 Å². The predicted octanol–water partition coefficient (Wildman–Crippen LogP) is 2.91. The highest BCUT2D eigenvalue weighted by Crippen LogP contribution is 2.22. The Labute approximate surface area is 143 Å². The lowest BCUT2D eigenvalue weighted by molar-refractivity contribution is 0.578. The summed E-state index contributed by atoms with van der Waals surface area (Å²) in [5, 5.41) is 3.43. The molecular formula is C16H14F2N4O2S. The average Bonchev–Trinajstić information content (AvgIpc) is 3.04. The van der Waals surface area contributed by atoms with Gasteiger partial charge in [0, 0.05) is 6.42 Å². The molecule has 1 N–H and O–H groups in total. The van der Waals surface area contributed by atoms with Gasteiger partial charge in [-0.1, -0.05) is 31.2 Å². The Hall–Kier alpha value is -2.81. The maximum absolute atomic E-state index is 13.7. The van der Waals surface area contributed by atoms with Crippen LogP contribution < -0.4 is 4.72 Å². The molecule has 0 atom stereocenters. The van der Waals surface area contributed by atoms with E-state index in [1.165, 1.54) is 4.68 Å². The Morgan fingerprint density at radius 1 is 1.04 bits per heavy atom. The molecule has 0 saturated heterocycles. The zero-order valence-electron chi connectivity index (χ0n) is 13.1. The van der Waals surface area contributed by atoms with Crippen molar-refractivity contribution in [1.82, 2.24) is 14.8 Å². The standard InChI is InChI=1S/C16H14F2N4O2S/c1-2-14-19-16(20-22(14)11-7-4-3-5-8-11)25(23,24)21-15-12(17)9-6-10-13(15)18/h3-10,21H,2H2,1H3. The summed E-state index contributed by atoms with van der Waals surface area (Å²) >= 11 is 0. The third-order valence-electron chi connectivity index (χ3n) is 3.41. The van der Waals surface area contributed by atoms with Crippen molar-refractivity contribution in [1.29, 1.82) is 0 Å². The second kappa shape index (κ2) is 6.60. The molecule has 9 heteroatoms. The molecule has 0 aliphatic carbocycles. The second-order valence-electron chi connectivity index (χ2n) is 5.11. The molecule has 0 amide bonds. The molecule has 2 aromatic carbocycles. The highest BCUT2D eigenvalue weighted by Gasteiger charge is 2.25. The van der Waals surface area contributed by atoms with Gasteiger partial charge in [-0.15, -0.1) is 5.10 Å². The van der Waals surface area contributed by atoms with Crippen LogP contribution in [0.4, 0.5) is 14.5 Å². The molecule has 0 fully saturated rings. The van der Waals surface area contributed by atoms with Crippen LogP contribution in [0.15, 0.2) is 53.7 Å². The van der Waals surface area contributed by atoms with Gasteiger partial charge in [0.2, 0.25) is 0 Å². The molecule has 0 bridgehead atoms. The highest BCUT2D eigenvalue weighted by atomic mass is 32.2. The van der Waals surface area contributed by atoms with Gasteiger partial charge in [-0.3, -0.25) is 4.72 Å². The number of halogens is 2. The number of hydrogen-bond donors (Lipinski definition) is 1. The minimum atomic E-state index is -4.35. The first-order chi connectivity index (χ1) is 11.9. The monoisotopic (exact) mass is 364 g/mol. The fourth-order valence-corrected chi connectivity index (χ4v) is 3.19. The summed E-state index contributed by atoms with van der Waals surface area (Å²) in [6.45, 7) is 1.80. The average molecular weight is 364 g/mol. The molecule has 0 aliphatic heterocycles. The molecule has 6 nitrogen and oxygen atoms in total. The first-order valence-electron chi connectivity index (χ1n) is 7.40. The van der Waals surface area contributed by atoms with Crippen LogP contribution in [0.3, 0.4) is 0 Å². The van der Waals surface area contributed by atoms with Crippen LogP contribution in [-0.2, 0) is 16.4 Å². The maximum atomic E-state index is 13.7. The van der Waals surface area contributed by atoms with Crippen LogP contribution in [-0.4, -0.2) is 23.2 Å². The Kier molecular flexibility index (Phi) is 4.49. The number of rotatable bonds is 5. The van der Waals surface area contributed by atoms with Gasteiger partial charge in [0.1, 0.15) is 23.1 Å². The van der Waals surface area contributed by atoms with Crippen LogP contribution in [0.2, 0.25) is 0 Å². The van der Waals surface area contributed by atoms with Gasteiger partial charge in [0.25, 0.3) is 15.2 Å². The van der Waals surface area contributed by atoms with Crippen molar-refractivity contribution >= 4 is 15.7 Å². The summed E-state index contributed by atoms with van der Waals surface area (Å²) in [6, 6.07) is 11.9. The number of para-hydroxylation sites is 2. The number of sulfonamides is 1. The van der Waals surface area contributed by atoms with Gasteiger partial charge in [-0.2, -0.15) is 8.42 Å². The molecule has 0 saturated carbocycles. The molecule has 0 aliphatic rings. The van der Waals surface area contributed by atoms with E-state index in [0.29, 0.717) is 17.9 Å². The molecule has 0 unspecified atom stereocenters. The summed E-state index contributed by atoms with van der Waals surface area (Å²) in [4.78, 5) is 3.99. The number of aromatic nitrogens is 3. The van der Waals surface area contributed by atoms with Crippen molar-refractivity contribution in [2.45, 2.75) is 18.5 Å². The lowest BCUT2D eigenvalue weighted by atomic mass is 10.3. The normalized spacial score (nSPS) is 11.5. The molecule has 130 valence electrons. The molecule has 25 heavy (non-hydrogen) atoms. The van der Waals surface area contributed by atoms with Crippen molar-refractivity contribution in [2.24, 2.45) is 0 Å². The number of nitrogens with one attached hydrogen (secondary N) is 1. The van der Waals surface area contributed by atoms with E-state index < -0.39 is 32.5 Å². The maximum Gasteiger partial charge on any atom is 0.299 e. The molecule has 3 aromatic rings. The Morgan fingerprint density at radius 3 is 2.28 bits per heavy atom. The molecular weight excluding hydrogens is 350 g/mol. The number of nitrogens with zero attached hydrogens (tertiary/aromatic N) is 3. The van der Waals surface area contributed by atoms with Crippen LogP contribution in [0.25, 0.3) is 5.69 Å². The zero-order valence-corrected chi connectivity index (χ0v) is 14.0. The minimum Gasteiger partial charge on any atom is -0.271 e. The molecule has 3 rings (SSSR count). The molecule has 0 spiro atoms. The molecule has 1 aromatic heterocycles. The van der Waals surface area contributed by atoms with E-state index in [4.69, 9.17) is 0 Å². The summed E-state index contributed by atoms with van der Waals surface area (Å²) in [5.41, 5.74) is -0.137. The van der Waals surface area contributed by atoms with Crippen molar-refractivity contribution < 1.29 is 17.2 Å². The quantitative estimate of drug-likeness (QED) is 0.755. The second-order valence-corrected chi connectivity index (χ2v) is 6.69. The lowest BCUT2D eigenvalue weighted by Gasteiger charge is -2.07. The number of aryl methyl sites for hydroxylation is 1. The third kappa shape index (κ3) is 3.36. The Balaban J connectivity index is 2.03. The molecule has 1 heterocycles.